The van der Waals surface area contributed by atoms with Gasteiger partial charge in [0.25, 0.3) is 0 Å². The molecule has 0 spiro atoms. The first-order chi connectivity index (χ1) is 13.2. The monoisotopic (exact) mass is 365 g/mol. The van der Waals surface area contributed by atoms with Crippen LogP contribution >= 0.6 is 0 Å². The van der Waals surface area contributed by atoms with Crippen LogP contribution in [0.3, 0.4) is 0 Å². The number of hydrogen-bond acceptors (Lipinski definition) is 4. The summed E-state index contributed by atoms with van der Waals surface area (Å²) in [4.78, 5) is 2.55. The van der Waals surface area contributed by atoms with Gasteiger partial charge in [0.05, 0.1) is 21.3 Å². The molecule has 4 nitrogen and oxygen atoms in total. The molecule has 0 saturated carbocycles. The van der Waals surface area contributed by atoms with Crippen LogP contribution in [-0.2, 0) is 13.0 Å². The highest BCUT2D eigenvalue weighted by Gasteiger charge is 2.23. The second-order valence-electron chi connectivity index (χ2n) is 7.15. The third kappa shape index (κ3) is 2.98. The summed E-state index contributed by atoms with van der Waals surface area (Å²) in [6.45, 7) is 5.47. The Kier molecular flexibility index (Phi) is 4.83. The van der Waals surface area contributed by atoms with Crippen molar-refractivity contribution in [2.75, 3.05) is 34.4 Å². The Morgan fingerprint density at radius 2 is 1.52 bits per heavy atom. The molecule has 0 fully saturated rings. The first kappa shape index (κ1) is 17.9. The van der Waals surface area contributed by atoms with Crippen molar-refractivity contribution in [3.05, 3.63) is 41.5 Å². The second kappa shape index (κ2) is 7.28. The first-order valence-electron chi connectivity index (χ1n) is 9.59. The predicted octanol–water partition coefficient (Wildman–Crippen LogP) is 4.79. The Labute approximate surface area is 160 Å². The van der Waals surface area contributed by atoms with Crippen LogP contribution in [0.25, 0.3) is 21.5 Å². The maximum absolute atomic E-state index is 5.60. The molecule has 0 bridgehead atoms. The van der Waals surface area contributed by atoms with Crippen molar-refractivity contribution in [3.8, 4) is 17.2 Å². The van der Waals surface area contributed by atoms with Gasteiger partial charge < -0.3 is 14.2 Å². The van der Waals surface area contributed by atoms with E-state index in [4.69, 9.17) is 14.2 Å². The average molecular weight is 365 g/mol. The summed E-state index contributed by atoms with van der Waals surface area (Å²) in [5.74, 6) is 2.42. The van der Waals surface area contributed by atoms with E-state index >= 15 is 0 Å². The van der Waals surface area contributed by atoms with E-state index in [1.165, 1.54) is 39.1 Å². The topological polar surface area (TPSA) is 30.9 Å². The van der Waals surface area contributed by atoms with Crippen LogP contribution in [-0.4, -0.2) is 39.3 Å². The zero-order valence-corrected chi connectivity index (χ0v) is 16.6. The maximum Gasteiger partial charge on any atom is 0.161 e. The Balaban J connectivity index is 2.07. The summed E-state index contributed by atoms with van der Waals surface area (Å²) < 4.78 is 16.7. The molecule has 0 aromatic heterocycles. The lowest BCUT2D eigenvalue weighted by Gasteiger charge is -2.31. The summed E-state index contributed by atoms with van der Waals surface area (Å²) in [5.41, 5.74) is 2.88. The van der Waals surface area contributed by atoms with E-state index in [0.29, 0.717) is 0 Å². The normalized spacial score (nSPS) is 14.4. The number of nitrogens with zero attached hydrogens (tertiary/aromatic N) is 1. The number of rotatable bonds is 5. The molecule has 4 heteroatoms. The molecule has 0 aliphatic carbocycles. The minimum absolute atomic E-state index is 0.760. The molecule has 0 unspecified atom stereocenters. The van der Waals surface area contributed by atoms with Crippen molar-refractivity contribution in [1.82, 2.24) is 4.90 Å². The fourth-order valence-corrected chi connectivity index (χ4v) is 4.36. The number of benzene rings is 3. The van der Waals surface area contributed by atoms with E-state index in [-0.39, 0.29) is 0 Å². The second-order valence-corrected chi connectivity index (χ2v) is 7.15. The molecule has 1 aliphatic rings. The lowest BCUT2D eigenvalue weighted by Crippen LogP contribution is -2.31. The predicted molar refractivity (Wildman–Crippen MR) is 110 cm³/mol. The van der Waals surface area contributed by atoms with Crippen molar-refractivity contribution in [2.45, 2.75) is 26.3 Å². The molecule has 0 amide bonds. The molecule has 4 rings (SSSR count). The van der Waals surface area contributed by atoms with Gasteiger partial charge in [-0.05, 0) is 76.3 Å². The summed E-state index contributed by atoms with van der Waals surface area (Å²) in [6.07, 6.45) is 2.25. The van der Waals surface area contributed by atoms with Crippen LogP contribution in [0.5, 0.6) is 17.2 Å². The number of ether oxygens (including phenoxy) is 3. The Hall–Kier alpha value is -2.46. The van der Waals surface area contributed by atoms with Gasteiger partial charge in [0.2, 0.25) is 0 Å². The molecular formula is C23H27NO3. The largest absolute Gasteiger partial charge is 0.497 e. The van der Waals surface area contributed by atoms with Crippen molar-refractivity contribution < 1.29 is 14.2 Å². The van der Waals surface area contributed by atoms with Crippen LogP contribution in [0.15, 0.2) is 30.3 Å². The molecule has 0 N–H and O–H groups in total. The van der Waals surface area contributed by atoms with Gasteiger partial charge in [0.15, 0.2) is 11.5 Å². The van der Waals surface area contributed by atoms with Crippen LogP contribution < -0.4 is 14.2 Å². The fraction of sp³-hybridized carbons (Fsp3) is 0.391. The van der Waals surface area contributed by atoms with Crippen molar-refractivity contribution in [3.63, 3.8) is 0 Å². The average Bonchev–Trinajstić information content (AvgIpc) is 2.72. The molecule has 0 atom stereocenters. The first-order valence-corrected chi connectivity index (χ1v) is 9.59. The fourth-order valence-electron chi connectivity index (χ4n) is 4.36. The molecule has 0 saturated heterocycles. The molecule has 3 aromatic carbocycles. The minimum Gasteiger partial charge on any atom is -0.497 e. The minimum atomic E-state index is 0.760. The highest BCUT2D eigenvalue weighted by Crippen LogP contribution is 2.42. The Morgan fingerprint density at radius 3 is 2.19 bits per heavy atom. The summed E-state index contributed by atoms with van der Waals surface area (Å²) in [5, 5.41) is 4.98. The zero-order chi connectivity index (χ0) is 19.0. The van der Waals surface area contributed by atoms with Gasteiger partial charge in [0, 0.05) is 13.1 Å². The molecule has 3 aromatic rings. The van der Waals surface area contributed by atoms with Gasteiger partial charge in [-0.3, -0.25) is 4.90 Å². The number of hydrogen-bond donors (Lipinski definition) is 0. The highest BCUT2D eigenvalue weighted by atomic mass is 16.5. The van der Waals surface area contributed by atoms with Gasteiger partial charge in [0.1, 0.15) is 5.75 Å². The lowest BCUT2D eigenvalue weighted by atomic mass is 9.87. The standard InChI is InChI=1S/C23H27NO3/c1-5-9-24-10-8-17-16-7-6-15(25-2)11-18(16)19-12-22(26-3)23(27-4)13-20(19)21(17)14-24/h6-7,11-13H,5,8-10,14H2,1-4H3. The van der Waals surface area contributed by atoms with Crippen LogP contribution in [0.4, 0.5) is 0 Å². The Morgan fingerprint density at radius 1 is 0.815 bits per heavy atom. The van der Waals surface area contributed by atoms with E-state index < -0.39 is 0 Å². The SMILES string of the molecule is CCCN1CCc2c(c3cc(OC)c(OC)cc3c3cc(OC)ccc23)C1. The van der Waals surface area contributed by atoms with Gasteiger partial charge in [-0.15, -0.1) is 0 Å². The number of fused-ring (bicyclic) bond motifs is 6. The van der Waals surface area contributed by atoms with Gasteiger partial charge in [-0.1, -0.05) is 13.0 Å². The highest BCUT2D eigenvalue weighted by molar-refractivity contribution is 6.12. The van der Waals surface area contributed by atoms with Gasteiger partial charge in [-0.25, -0.2) is 0 Å². The maximum atomic E-state index is 5.60. The van der Waals surface area contributed by atoms with Crippen molar-refractivity contribution in [2.24, 2.45) is 0 Å². The van der Waals surface area contributed by atoms with Crippen LogP contribution in [0.1, 0.15) is 24.5 Å². The van der Waals surface area contributed by atoms with Crippen molar-refractivity contribution in [1.29, 1.82) is 0 Å². The van der Waals surface area contributed by atoms with Crippen LogP contribution in [0.2, 0.25) is 0 Å². The van der Waals surface area contributed by atoms with E-state index in [0.717, 1.165) is 43.3 Å². The molecule has 142 valence electrons. The van der Waals surface area contributed by atoms with Crippen LogP contribution in [0, 0.1) is 0 Å². The summed E-state index contributed by atoms with van der Waals surface area (Å²) in [7, 11) is 5.10. The molecule has 1 aliphatic heterocycles. The van der Waals surface area contributed by atoms with E-state index in [1.807, 2.05) is 0 Å². The molecule has 27 heavy (non-hydrogen) atoms. The lowest BCUT2D eigenvalue weighted by molar-refractivity contribution is 0.256. The zero-order valence-electron chi connectivity index (χ0n) is 16.6. The van der Waals surface area contributed by atoms with Gasteiger partial charge in [-0.2, -0.15) is 0 Å². The van der Waals surface area contributed by atoms with E-state index in [2.05, 4.69) is 42.2 Å². The Bertz CT molecular complexity index is 996. The third-order valence-corrected chi connectivity index (χ3v) is 5.65. The summed E-state index contributed by atoms with van der Waals surface area (Å²) in [6, 6.07) is 10.7. The van der Waals surface area contributed by atoms with E-state index in [1.54, 1.807) is 21.3 Å². The van der Waals surface area contributed by atoms with Crippen molar-refractivity contribution >= 4 is 21.5 Å². The molecule has 0 radical (unpaired) electrons. The third-order valence-electron chi connectivity index (χ3n) is 5.65. The summed E-state index contributed by atoms with van der Waals surface area (Å²) >= 11 is 0. The van der Waals surface area contributed by atoms with E-state index in [9.17, 15) is 0 Å². The molecule has 1 heterocycles. The van der Waals surface area contributed by atoms with Gasteiger partial charge >= 0.3 is 0 Å². The quantitative estimate of drug-likeness (QED) is 0.609. The molecular weight excluding hydrogens is 338 g/mol. The smallest absolute Gasteiger partial charge is 0.161 e. The number of methoxy groups -OCH3 is 3.